The second-order valence-electron chi connectivity index (χ2n) is 3.32. The number of aromatic carboxylic acids is 1. The van der Waals surface area contributed by atoms with E-state index in [9.17, 15) is 13.6 Å². The molecule has 1 heterocycles. The average Bonchev–Trinajstić information content (AvgIpc) is 2.35. The molecule has 0 amide bonds. The van der Waals surface area contributed by atoms with E-state index in [4.69, 9.17) is 10.8 Å². The van der Waals surface area contributed by atoms with Crippen LogP contribution in [0.15, 0.2) is 18.3 Å². The zero-order chi connectivity index (χ0) is 13.3. The van der Waals surface area contributed by atoms with E-state index in [2.05, 4.69) is 15.4 Å². The van der Waals surface area contributed by atoms with Crippen molar-refractivity contribution in [2.75, 3.05) is 5.73 Å². The van der Waals surface area contributed by atoms with E-state index in [1.165, 1.54) is 12.3 Å². The predicted octanol–water partition coefficient (Wildman–Crippen LogP) is 1.10. The number of carbonyl (C=O) groups is 1. The van der Waals surface area contributed by atoms with E-state index in [1.807, 2.05) is 0 Å². The van der Waals surface area contributed by atoms with Crippen LogP contribution in [0.5, 0.6) is 0 Å². The molecule has 0 spiro atoms. The van der Waals surface area contributed by atoms with Crippen LogP contribution in [0.4, 0.5) is 14.5 Å². The van der Waals surface area contributed by atoms with Crippen LogP contribution in [0, 0.1) is 11.6 Å². The van der Waals surface area contributed by atoms with Gasteiger partial charge in [0.25, 0.3) is 0 Å². The van der Waals surface area contributed by atoms with Gasteiger partial charge in [-0.1, -0.05) is 0 Å². The van der Waals surface area contributed by atoms with Crippen LogP contribution in [0.3, 0.4) is 0 Å². The minimum atomic E-state index is -1.46. The lowest BCUT2D eigenvalue weighted by atomic mass is 10.0. The van der Waals surface area contributed by atoms with Crippen molar-refractivity contribution in [2.24, 2.45) is 0 Å². The largest absolute Gasteiger partial charge is 0.478 e. The molecule has 0 saturated carbocycles. The quantitative estimate of drug-likeness (QED) is 0.776. The highest BCUT2D eigenvalue weighted by molar-refractivity contribution is 5.98. The van der Waals surface area contributed by atoms with E-state index < -0.39 is 34.4 Å². The second-order valence-corrected chi connectivity index (χ2v) is 3.32. The summed E-state index contributed by atoms with van der Waals surface area (Å²) in [5, 5.41) is 18.9. The monoisotopic (exact) mass is 252 g/mol. The SMILES string of the molecule is Nc1c(C(=O)O)cc(F)c(F)c1-c1ccnnn1. The molecular formula is C10H6F2N4O2. The molecule has 2 rings (SSSR count). The number of anilines is 1. The van der Waals surface area contributed by atoms with Crippen LogP contribution in [-0.4, -0.2) is 26.5 Å². The number of nitrogens with zero attached hydrogens (tertiary/aromatic N) is 3. The van der Waals surface area contributed by atoms with Gasteiger partial charge in [-0.25, -0.2) is 13.6 Å². The third-order valence-electron chi connectivity index (χ3n) is 2.25. The van der Waals surface area contributed by atoms with Crippen molar-refractivity contribution >= 4 is 11.7 Å². The van der Waals surface area contributed by atoms with E-state index in [1.54, 1.807) is 0 Å². The average molecular weight is 252 g/mol. The first-order chi connectivity index (χ1) is 8.52. The molecule has 1 aromatic heterocycles. The molecule has 0 radical (unpaired) electrons. The molecule has 0 aliphatic carbocycles. The standard InChI is InChI=1S/C10H6F2N4O2/c11-5-3-4(10(17)18)9(13)7(8(5)12)6-1-2-14-16-15-6/h1-3H,13H2,(H,17,18). The third-order valence-corrected chi connectivity index (χ3v) is 2.25. The Morgan fingerprint density at radius 2 is 2.11 bits per heavy atom. The number of halogens is 2. The smallest absolute Gasteiger partial charge is 0.337 e. The summed E-state index contributed by atoms with van der Waals surface area (Å²) in [6.07, 6.45) is 1.20. The molecule has 1 aromatic carbocycles. The zero-order valence-electron chi connectivity index (χ0n) is 8.76. The van der Waals surface area contributed by atoms with Crippen molar-refractivity contribution in [2.45, 2.75) is 0 Å². The molecule has 0 atom stereocenters. The summed E-state index contributed by atoms with van der Waals surface area (Å²) in [5.41, 5.74) is 4.02. The third kappa shape index (κ3) is 1.83. The Balaban J connectivity index is 2.78. The van der Waals surface area contributed by atoms with E-state index >= 15 is 0 Å². The molecule has 6 nitrogen and oxygen atoms in total. The van der Waals surface area contributed by atoms with Gasteiger partial charge >= 0.3 is 5.97 Å². The minimum Gasteiger partial charge on any atom is -0.478 e. The zero-order valence-corrected chi connectivity index (χ0v) is 8.76. The number of carboxylic acids is 1. The summed E-state index contributed by atoms with van der Waals surface area (Å²) in [6.45, 7) is 0. The van der Waals surface area contributed by atoms with Gasteiger partial charge in [0, 0.05) is 0 Å². The van der Waals surface area contributed by atoms with Crippen molar-refractivity contribution < 1.29 is 18.7 Å². The topological polar surface area (TPSA) is 102 Å². The lowest BCUT2D eigenvalue weighted by Gasteiger charge is -2.09. The first kappa shape index (κ1) is 11.8. The molecule has 3 N–H and O–H groups in total. The first-order valence-electron chi connectivity index (χ1n) is 4.68. The molecule has 0 aliphatic heterocycles. The Morgan fingerprint density at radius 3 is 2.67 bits per heavy atom. The molecule has 0 bridgehead atoms. The van der Waals surface area contributed by atoms with Gasteiger partial charge < -0.3 is 10.8 Å². The van der Waals surface area contributed by atoms with Crippen LogP contribution in [0.1, 0.15) is 10.4 Å². The first-order valence-corrected chi connectivity index (χ1v) is 4.68. The fourth-order valence-corrected chi connectivity index (χ4v) is 1.44. The van der Waals surface area contributed by atoms with Gasteiger partial charge in [-0.15, -0.1) is 10.2 Å². The van der Waals surface area contributed by atoms with Crippen LogP contribution in [0.2, 0.25) is 0 Å². The number of rotatable bonds is 2. The predicted molar refractivity (Wildman–Crippen MR) is 56.6 cm³/mol. The van der Waals surface area contributed by atoms with Gasteiger partial charge in [0.05, 0.1) is 23.0 Å². The maximum absolute atomic E-state index is 13.7. The highest BCUT2D eigenvalue weighted by Gasteiger charge is 2.22. The van der Waals surface area contributed by atoms with Gasteiger partial charge in [0.15, 0.2) is 11.6 Å². The normalized spacial score (nSPS) is 10.3. The number of aromatic nitrogens is 3. The molecule has 0 fully saturated rings. The Bertz CT molecular complexity index is 619. The van der Waals surface area contributed by atoms with Crippen molar-refractivity contribution in [1.82, 2.24) is 15.4 Å². The van der Waals surface area contributed by atoms with Crippen molar-refractivity contribution in [3.8, 4) is 11.3 Å². The van der Waals surface area contributed by atoms with E-state index in [0.29, 0.717) is 6.07 Å². The number of hydrogen-bond donors (Lipinski definition) is 2. The molecule has 0 unspecified atom stereocenters. The number of hydrogen-bond acceptors (Lipinski definition) is 5. The molecule has 8 heteroatoms. The molecule has 0 saturated heterocycles. The summed E-state index contributed by atoms with van der Waals surface area (Å²) >= 11 is 0. The van der Waals surface area contributed by atoms with Crippen LogP contribution < -0.4 is 5.73 Å². The maximum atomic E-state index is 13.7. The molecule has 0 aliphatic rings. The summed E-state index contributed by atoms with van der Waals surface area (Å²) < 4.78 is 27.0. The Morgan fingerprint density at radius 1 is 1.39 bits per heavy atom. The fraction of sp³-hybridized carbons (Fsp3) is 0. The summed E-state index contributed by atoms with van der Waals surface area (Å²) in [6, 6.07) is 1.76. The highest BCUT2D eigenvalue weighted by Crippen LogP contribution is 2.31. The highest BCUT2D eigenvalue weighted by atomic mass is 19.2. The summed E-state index contributed by atoms with van der Waals surface area (Å²) in [4.78, 5) is 10.9. The van der Waals surface area contributed by atoms with E-state index in [-0.39, 0.29) is 5.69 Å². The van der Waals surface area contributed by atoms with E-state index in [0.717, 1.165) is 0 Å². The van der Waals surface area contributed by atoms with Crippen LogP contribution in [0.25, 0.3) is 11.3 Å². The maximum Gasteiger partial charge on any atom is 0.337 e. The van der Waals surface area contributed by atoms with Gasteiger partial charge in [-0.3, -0.25) is 0 Å². The Hall–Kier alpha value is -2.64. The van der Waals surface area contributed by atoms with Gasteiger partial charge in [-0.2, -0.15) is 0 Å². The fourth-order valence-electron chi connectivity index (χ4n) is 1.44. The van der Waals surface area contributed by atoms with Gasteiger partial charge in [0.2, 0.25) is 0 Å². The minimum absolute atomic E-state index is 0.0954. The molecular weight excluding hydrogens is 246 g/mol. The molecule has 2 aromatic rings. The lowest BCUT2D eigenvalue weighted by molar-refractivity contribution is 0.0697. The molecule has 18 heavy (non-hydrogen) atoms. The van der Waals surface area contributed by atoms with Crippen molar-refractivity contribution in [3.63, 3.8) is 0 Å². The van der Waals surface area contributed by atoms with Crippen LogP contribution in [-0.2, 0) is 0 Å². The molecule has 92 valence electrons. The summed E-state index contributed by atoms with van der Waals surface area (Å²) in [7, 11) is 0. The lowest BCUT2D eigenvalue weighted by Crippen LogP contribution is -2.08. The van der Waals surface area contributed by atoms with Gasteiger partial charge in [0.1, 0.15) is 5.69 Å². The Labute approximate surface area is 99.1 Å². The van der Waals surface area contributed by atoms with Crippen LogP contribution >= 0.6 is 0 Å². The number of benzene rings is 1. The summed E-state index contributed by atoms with van der Waals surface area (Å²) in [5.74, 6) is -4.07. The van der Waals surface area contributed by atoms with Crippen molar-refractivity contribution in [1.29, 1.82) is 0 Å². The second kappa shape index (κ2) is 4.32. The van der Waals surface area contributed by atoms with Gasteiger partial charge in [-0.05, 0) is 17.3 Å². The number of nitrogen functional groups attached to an aromatic ring is 1. The Kier molecular flexibility index (Phi) is 2.84. The number of nitrogens with two attached hydrogens (primary N) is 1. The van der Waals surface area contributed by atoms with Crippen molar-refractivity contribution in [3.05, 3.63) is 35.5 Å². The number of carboxylic acid groups (broad SMARTS) is 1.